The van der Waals surface area contributed by atoms with Gasteiger partial charge in [-0.3, -0.25) is 9.59 Å². The molecule has 2 aromatic rings. The summed E-state index contributed by atoms with van der Waals surface area (Å²) in [5, 5.41) is 2.84. The molecule has 0 unspecified atom stereocenters. The number of primary amides is 1. The highest BCUT2D eigenvalue weighted by atomic mass is 32.1. The van der Waals surface area contributed by atoms with Crippen molar-refractivity contribution in [1.29, 1.82) is 0 Å². The van der Waals surface area contributed by atoms with Crippen LogP contribution in [0.4, 0.5) is 5.00 Å². The number of esters is 1. The molecule has 2 amide bonds. The minimum atomic E-state index is -0.671. The lowest BCUT2D eigenvalue weighted by molar-refractivity contribution is -0.118. The van der Waals surface area contributed by atoms with E-state index in [4.69, 9.17) is 15.2 Å². The maximum absolute atomic E-state index is 12.3. The van der Waals surface area contributed by atoms with Gasteiger partial charge < -0.3 is 20.5 Å². The predicted molar refractivity (Wildman–Crippen MR) is 104 cm³/mol. The molecule has 0 saturated carbocycles. The van der Waals surface area contributed by atoms with Gasteiger partial charge in [0.05, 0.1) is 17.0 Å². The normalized spacial score (nSPS) is 10.4. The van der Waals surface area contributed by atoms with Gasteiger partial charge in [-0.05, 0) is 44.4 Å². The molecule has 0 aliphatic rings. The summed E-state index contributed by atoms with van der Waals surface area (Å²) in [7, 11) is 0. The average molecular weight is 390 g/mol. The van der Waals surface area contributed by atoms with Crippen molar-refractivity contribution >= 4 is 34.1 Å². The molecule has 1 heterocycles. The van der Waals surface area contributed by atoms with Crippen molar-refractivity contribution < 1.29 is 23.9 Å². The van der Waals surface area contributed by atoms with Crippen molar-refractivity contribution in [2.24, 2.45) is 5.73 Å². The highest BCUT2D eigenvalue weighted by Crippen LogP contribution is 2.33. The lowest BCUT2D eigenvalue weighted by atomic mass is 10.1. The standard InChI is InChI=1S/C19H22N2O5S/c1-5-25-19(24)14-12(4)16(17(20)23)27-18(14)21-13(22)9-26-15-10(2)7-6-8-11(15)3/h6-8H,5,9H2,1-4H3,(H2,20,23)(H,21,22). The Balaban J connectivity index is 2.20. The van der Waals surface area contributed by atoms with E-state index in [1.165, 1.54) is 0 Å². The van der Waals surface area contributed by atoms with Crippen LogP contribution in [0.5, 0.6) is 5.75 Å². The van der Waals surface area contributed by atoms with Crippen molar-refractivity contribution in [3.63, 3.8) is 0 Å². The van der Waals surface area contributed by atoms with Gasteiger partial charge in [0.1, 0.15) is 10.8 Å². The minimum absolute atomic E-state index is 0.135. The van der Waals surface area contributed by atoms with Gasteiger partial charge in [0.15, 0.2) is 6.61 Å². The molecule has 1 aromatic heterocycles. The summed E-state index contributed by atoms with van der Waals surface area (Å²) >= 11 is 0.942. The summed E-state index contributed by atoms with van der Waals surface area (Å²) in [6.07, 6.45) is 0. The van der Waals surface area contributed by atoms with E-state index >= 15 is 0 Å². The Hall–Kier alpha value is -2.87. The number of ether oxygens (including phenoxy) is 2. The van der Waals surface area contributed by atoms with Crippen molar-refractivity contribution in [2.45, 2.75) is 27.7 Å². The summed E-state index contributed by atoms with van der Waals surface area (Å²) in [5.41, 5.74) is 7.70. The molecule has 1 aromatic carbocycles. The van der Waals surface area contributed by atoms with Gasteiger partial charge in [-0.1, -0.05) is 18.2 Å². The van der Waals surface area contributed by atoms with Gasteiger partial charge in [0.25, 0.3) is 11.8 Å². The lowest BCUT2D eigenvalue weighted by Gasteiger charge is -2.12. The highest BCUT2D eigenvalue weighted by Gasteiger charge is 2.25. The van der Waals surface area contributed by atoms with Crippen LogP contribution in [0.1, 0.15) is 43.6 Å². The zero-order valence-electron chi connectivity index (χ0n) is 15.7. The molecule has 144 valence electrons. The van der Waals surface area contributed by atoms with Gasteiger partial charge in [-0.2, -0.15) is 0 Å². The molecule has 0 spiro atoms. The lowest BCUT2D eigenvalue weighted by Crippen LogP contribution is -2.21. The van der Waals surface area contributed by atoms with Gasteiger partial charge in [-0.15, -0.1) is 11.3 Å². The monoisotopic (exact) mass is 390 g/mol. The Labute approximate surface area is 161 Å². The van der Waals surface area contributed by atoms with E-state index in [0.29, 0.717) is 11.3 Å². The molecule has 3 N–H and O–H groups in total. The SMILES string of the molecule is CCOC(=O)c1c(NC(=O)COc2c(C)cccc2C)sc(C(N)=O)c1C. The third-order valence-electron chi connectivity index (χ3n) is 3.86. The molecule has 0 fully saturated rings. The molecule has 0 aliphatic carbocycles. The van der Waals surface area contributed by atoms with E-state index in [0.717, 1.165) is 22.5 Å². The Morgan fingerprint density at radius 2 is 1.78 bits per heavy atom. The summed E-state index contributed by atoms with van der Waals surface area (Å²) < 4.78 is 10.6. The number of anilines is 1. The number of aryl methyl sites for hydroxylation is 2. The van der Waals surface area contributed by atoms with Crippen LogP contribution in [-0.4, -0.2) is 31.0 Å². The third kappa shape index (κ3) is 4.65. The van der Waals surface area contributed by atoms with E-state index in [-0.39, 0.29) is 28.7 Å². The molecule has 7 nitrogen and oxygen atoms in total. The number of nitrogens with one attached hydrogen (secondary N) is 1. The fourth-order valence-corrected chi connectivity index (χ4v) is 3.68. The minimum Gasteiger partial charge on any atom is -0.483 e. The molecular formula is C19H22N2O5S. The van der Waals surface area contributed by atoms with Crippen molar-refractivity contribution in [3.8, 4) is 5.75 Å². The fourth-order valence-electron chi connectivity index (χ4n) is 2.61. The number of rotatable bonds is 7. The number of amides is 2. The van der Waals surface area contributed by atoms with Crippen molar-refractivity contribution in [1.82, 2.24) is 0 Å². The summed E-state index contributed by atoms with van der Waals surface area (Å²) in [5.74, 6) is -1.11. The van der Waals surface area contributed by atoms with Crippen molar-refractivity contribution in [3.05, 3.63) is 45.3 Å². The zero-order chi connectivity index (χ0) is 20.1. The second-order valence-corrected chi connectivity index (χ2v) is 6.92. The third-order valence-corrected chi connectivity index (χ3v) is 5.08. The molecule has 0 atom stereocenters. The van der Waals surface area contributed by atoms with Gasteiger partial charge in [0, 0.05) is 0 Å². The van der Waals surface area contributed by atoms with Gasteiger partial charge in [0.2, 0.25) is 0 Å². The predicted octanol–water partition coefficient (Wildman–Crippen LogP) is 2.97. The van der Waals surface area contributed by atoms with Gasteiger partial charge >= 0.3 is 5.97 Å². The van der Waals surface area contributed by atoms with E-state index in [1.807, 2.05) is 32.0 Å². The van der Waals surface area contributed by atoms with Gasteiger partial charge in [-0.25, -0.2) is 4.79 Å². The highest BCUT2D eigenvalue weighted by molar-refractivity contribution is 7.18. The van der Waals surface area contributed by atoms with Crippen LogP contribution in [0, 0.1) is 20.8 Å². The number of thiophene rings is 1. The molecule has 0 saturated heterocycles. The van der Waals surface area contributed by atoms with Crippen LogP contribution in [0.3, 0.4) is 0 Å². The second-order valence-electron chi connectivity index (χ2n) is 5.90. The number of carbonyl (C=O) groups is 3. The summed E-state index contributed by atoms with van der Waals surface area (Å²) in [6, 6.07) is 5.69. The van der Waals surface area contributed by atoms with Crippen LogP contribution >= 0.6 is 11.3 Å². The van der Waals surface area contributed by atoms with E-state index in [1.54, 1.807) is 13.8 Å². The Morgan fingerprint density at radius 3 is 2.33 bits per heavy atom. The van der Waals surface area contributed by atoms with Crippen molar-refractivity contribution in [2.75, 3.05) is 18.5 Å². The molecule has 2 rings (SSSR count). The maximum atomic E-state index is 12.3. The maximum Gasteiger partial charge on any atom is 0.341 e. The first-order valence-corrected chi connectivity index (χ1v) is 9.17. The van der Waals surface area contributed by atoms with E-state index in [9.17, 15) is 14.4 Å². The van der Waals surface area contributed by atoms with Crippen LogP contribution in [0.15, 0.2) is 18.2 Å². The largest absolute Gasteiger partial charge is 0.483 e. The smallest absolute Gasteiger partial charge is 0.341 e. The van der Waals surface area contributed by atoms with Crippen LogP contribution in [0.25, 0.3) is 0 Å². The molecule has 27 heavy (non-hydrogen) atoms. The number of carbonyl (C=O) groups excluding carboxylic acids is 3. The van der Waals surface area contributed by atoms with Crippen LogP contribution in [0.2, 0.25) is 0 Å². The molecule has 0 bridgehead atoms. The quantitative estimate of drug-likeness (QED) is 0.707. The topological polar surface area (TPSA) is 108 Å². The summed E-state index contributed by atoms with van der Waals surface area (Å²) in [6.45, 7) is 6.97. The number of para-hydroxylation sites is 1. The van der Waals surface area contributed by atoms with Crippen LogP contribution in [-0.2, 0) is 9.53 Å². The first kappa shape index (κ1) is 20.4. The number of benzene rings is 1. The second kappa shape index (κ2) is 8.68. The first-order chi connectivity index (χ1) is 12.8. The number of hydrogen-bond acceptors (Lipinski definition) is 6. The fraction of sp³-hybridized carbons (Fsp3) is 0.316. The molecule has 0 radical (unpaired) electrons. The average Bonchev–Trinajstić information content (AvgIpc) is 2.91. The Bertz CT molecular complexity index is 868. The first-order valence-electron chi connectivity index (χ1n) is 8.35. The summed E-state index contributed by atoms with van der Waals surface area (Å²) in [4.78, 5) is 36.3. The number of nitrogens with two attached hydrogens (primary N) is 1. The zero-order valence-corrected chi connectivity index (χ0v) is 16.5. The van der Waals surface area contributed by atoms with E-state index < -0.39 is 17.8 Å². The van der Waals surface area contributed by atoms with E-state index in [2.05, 4.69) is 5.32 Å². The molecule has 8 heteroatoms. The molecular weight excluding hydrogens is 368 g/mol. The van der Waals surface area contributed by atoms with Crippen LogP contribution < -0.4 is 15.8 Å². The number of hydrogen-bond donors (Lipinski definition) is 2. The Morgan fingerprint density at radius 1 is 1.15 bits per heavy atom. The Kier molecular flexibility index (Phi) is 6.57. The molecule has 0 aliphatic heterocycles.